The second kappa shape index (κ2) is 13.6. The molecule has 0 spiro atoms. The number of nitrogens with two attached hydrogens (primary N) is 1. The Morgan fingerprint density at radius 2 is 1.58 bits per heavy atom. The van der Waals surface area contributed by atoms with E-state index in [1.807, 2.05) is 52.0 Å². The number of likely N-dealkylation sites (N-methyl/N-ethyl adjacent to an activating group) is 1. The van der Waals surface area contributed by atoms with Crippen molar-refractivity contribution in [2.24, 2.45) is 0 Å². The van der Waals surface area contributed by atoms with E-state index < -0.39 is 10.1 Å². The first-order chi connectivity index (χ1) is 20.0. The molecule has 3 aromatic rings. The quantitative estimate of drug-likeness (QED) is 0.201. The van der Waals surface area contributed by atoms with Crippen LogP contribution in [0.5, 0.6) is 11.6 Å². The van der Waals surface area contributed by atoms with Gasteiger partial charge in [-0.15, -0.1) is 0 Å². The largest absolute Gasteiger partial charge is 0.496 e. The number of hydrogen-bond donors (Lipinski definition) is 1. The summed E-state index contributed by atoms with van der Waals surface area (Å²) in [4.78, 5) is 22.2. The minimum absolute atomic E-state index is 0.0638. The van der Waals surface area contributed by atoms with Gasteiger partial charge in [0, 0.05) is 32.2 Å². The summed E-state index contributed by atoms with van der Waals surface area (Å²) in [6.07, 6.45) is 3.41. The van der Waals surface area contributed by atoms with Gasteiger partial charge in [-0.1, -0.05) is 65.8 Å². The molecule has 43 heavy (non-hydrogen) atoms. The van der Waals surface area contributed by atoms with Crippen LogP contribution in [0.3, 0.4) is 0 Å². The lowest BCUT2D eigenvalue weighted by atomic mass is 9.89. The Morgan fingerprint density at radius 1 is 0.977 bits per heavy atom. The van der Waals surface area contributed by atoms with Crippen molar-refractivity contribution < 1.29 is 22.1 Å². The normalized spacial score (nSPS) is 12.0. The maximum Gasteiger partial charge on any atom is 0.341 e. The molecule has 2 aromatic carbocycles. The topological polar surface area (TPSA) is 125 Å². The van der Waals surface area contributed by atoms with Crippen molar-refractivity contribution >= 4 is 28.0 Å². The molecule has 0 aliphatic carbocycles. The van der Waals surface area contributed by atoms with Crippen molar-refractivity contribution in [1.29, 1.82) is 0 Å². The van der Waals surface area contributed by atoms with E-state index in [1.165, 1.54) is 11.0 Å². The summed E-state index contributed by atoms with van der Waals surface area (Å²) >= 11 is 0. The number of anilines is 1. The molecule has 232 valence electrons. The summed E-state index contributed by atoms with van der Waals surface area (Å²) in [5.74, 6) is 0.308. The summed E-state index contributed by atoms with van der Waals surface area (Å²) in [5, 5.41) is 0. The molecule has 0 aliphatic heterocycles. The van der Waals surface area contributed by atoms with Gasteiger partial charge < -0.3 is 19.6 Å². The molecule has 0 radical (unpaired) electrons. The number of hydrogen-bond acceptors (Lipinski definition) is 8. The van der Waals surface area contributed by atoms with Crippen molar-refractivity contribution in [2.45, 2.75) is 77.5 Å². The van der Waals surface area contributed by atoms with E-state index in [-0.39, 0.29) is 46.8 Å². The first kappa shape index (κ1) is 33.6. The Kier molecular flexibility index (Phi) is 10.6. The van der Waals surface area contributed by atoms with Gasteiger partial charge in [-0.05, 0) is 64.6 Å². The minimum atomic E-state index is -4.32. The maximum atomic E-state index is 14.1. The Hall–Kier alpha value is -3.92. The predicted octanol–water partition coefficient (Wildman–Crippen LogP) is 6.21. The third-order valence-electron chi connectivity index (χ3n) is 7.25. The monoisotopic (exact) mass is 608 g/mol. The number of ether oxygens (including phenoxy) is 1. The Morgan fingerprint density at radius 3 is 2.09 bits per heavy atom. The smallest absolute Gasteiger partial charge is 0.341 e. The molecule has 2 N–H and O–H groups in total. The average Bonchev–Trinajstić information content (AvgIpc) is 2.92. The van der Waals surface area contributed by atoms with Gasteiger partial charge in [-0.3, -0.25) is 4.79 Å². The van der Waals surface area contributed by atoms with Gasteiger partial charge in [0.2, 0.25) is 17.7 Å². The molecule has 1 amide bonds. The number of carbonyl (C=O) groups excluding carboxylic acids is 1. The molecule has 0 fully saturated rings. The van der Waals surface area contributed by atoms with E-state index in [9.17, 15) is 13.2 Å². The van der Waals surface area contributed by atoms with Gasteiger partial charge in [0.1, 0.15) is 10.6 Å². The highest BCUT2D eigenvalue weighted by molar-refractivity contribution is 7.87. The zero-order valence-corrected chi connectivity index (χ0v) is 27.7. The van der Waals surface area contributed by atoms with E-state index in [2.05, 4.69) is 23.8 Å². The highest BCUT2D eigenvalue weighted by Crippen LogP contribution is 2.37. The van der Waals surface area contributed by atoms with Gasteiger partial charge in [-0.2, -0.15) is 13.4 Å². The summed E-state index contributed by atoms with van der Waals surface area (Å²) in [6.45, 7) is 13.8. The fourth-order valence-corrected chi connectivity index (χ4v) is 6.30. The van der Waals surface area contributed by atoms with Gasteiger partial charge in [0.25, 0.3) is 0 Å². The standard InChI is InChI=1S/C33H44N4O5S/c1-19(2)25-17-26(20(3)4)31(27(18-25)21(5)6)43(39,40)42-32-28(22(7)35-33(34)36-32)16-24-13-11-23(15-29(24)41-10)12-14-30(38)37(8)9/h11-15,17-21H,16H2,1-10H3,(H2,34,35,36)/b14-12+. The zero-order valence-electron chi connectivity index (χ0n) is 26.8. The molecule has 9 nitrogen and oxygen atoms in total. The van der Waals surface area contributed by atoms with Crippen molar-refractivity contribution in [1.82, 2.24) is 14.9 Å². The molecule has 3 rings (SSSR count). The van der Waals surface area contributed by atoms with Gasteiger partial charge >= 0.3 is 10.1 Å². The lowest BCUT2D eigenvalue weighted by molar-refractivity contribution is -0.123. The molecule has 0 atom stereocenters. The second-order valence-electron chi connectivity index (χ2n) is 11.8. The van der Waals surface area contributed by atoms with Crippen LogP contribution in [0, 0.1) is 6.92 Å². The van der Waals surface area contributed by atoms with Crippen LogP contribution in [0.2, 0.25) is 0 Å². The number of nitrogen functional groups attached to an aromatic ring is 1. The average molecular weight is 609 g/mol. The zero-order chi connectivity index (χ0) is 32.2. The summed E-state index contributed by atoms with van der Waals surface area (Å²) < 4.78 is 39.7. The number of amides is 1. The highest BCUT2D eigenvalue weighted by atomic mass is 32.2. The van der Waals surface area contributed by atoms with Crippen molar-refractivity contribution in [2.75, 3.05) is 26.9 Å². The predicted molar refractivity (Wildman–Crippen MR) is 171 cm³/mol. The van der Waals surface area contributed by atoms with Crippen molar-refractivity contribution in [3.05, 3.63) is 75.5 Å². The molecule has 0 aliphatic rings. The van der Waals surface area contributed by atoms with E-state index in [1.54, 1.807) is 40.3 Å². The third kappa shape index (κ3) is 7.93. The summed E-state index contributed by atoms with van der Waals surface area (Å²) in [6, 6.07) is 9.43. The van der Waals surface area contributed by atoms with Crippen LogP contribution in [0.25, 0.3) is 6.08 Å². The van der Waals surface area contributed by atoms with Crippen LogP contribution in [0.15, 0.2) is 41.3 Å². The molecule has 0 unspecified atom stereocenters. The van der Waals surface area contributed by atoms with E-state index in [4.69, 9.17) is 14.7 Å². The first-order valence-electron chi connectivity index (χ1n) is 14.4. The number of methoxy groups -OCH3 is 1. The first-order valence-corrected chi connectivity index (χ1v) is 15.8. The van der Waals surface area contributed by atoms with Gasteiger partial charge in [0.05, 0.1) is 12.8 Å². The molecular weight excluding hydrogens is 564 g/mol. The van der Waals surface area contributed by atoms with E-state index in [0.29, 0.717) is 28.1 Å². The summed E-state index contributed by atoms with van der Waals surface area (Å²) in [5.41, 5.74) is 10.9. The van der Waals surface area contributed by atoms with E-state index >= 15 is 0 Å². The van der Waals surface area contributed by atoms with Crippen LogP contribution in [-0.2, 0) is 21.3 Å². The number of rotatable bonds is 11. The summed E-state index contributed by atoms with van der Waals surface area (Å²) in [7, 11) is 0.590. The van der Waals surface area contributed by atoms with Gasteiger partial charge in [-0.25, -0.2) is 4.98 Å². The molecule has 1 aromatic heterocycles. The Labute approximate surface area is 256 Å². The van der Waals surface area contributed by atoms with Crippen LogP contribution in [0.1, 0.15) is 98.4 Å². The fourth-order valence-electron chi connectivity index (χ4n) is 4.70. The van der Waals surface area contributed by atoms with Crippen LogP contribution >= 0.6 is 0 Å². The number of nitrogens with zero attached hydrogens (tertiary/aromatic N) is 3. The van der Waals surface area contributed by atoms with Gasteiger partial charge in [0.15, 0.2) is 0 Å². The molecule has 0 saturated heterocycles. The molecular formula is C33H44N4O5S. The van der Waals surface area contributed by atoms with E-state index in [0.717, 1.165) is 16.7 Å². The number of aryl methyl sites for hydroxylation is 1. The Balaban J connectivity index is 2.11. The third-order valence-corrected chi connectivity index (χ3v) is 8.60. The second-order valence-corrected chi connectivity index (χ2v) is 13.3. The number of benzene rings is 2. The number of carbonyl (C=O) groups is 1. The molecule has 1 heterocycles. The minimum Gasteiger partial charge on any atom is -0.496 e. The van der Waals surface area contributed by atoms with Crippen LogP contribution in [0.4, 0.5) is 5.95 Å². The lowest BCUT2D eigenvalue weighted by Crippen LogP contribution is -2.19. The number of aromatic nitrogens is 2. The van der Waals surface area contributed by atoms with Crippen molar-refractivity contribution in [3.63, 3.8) is 0 Å². The van der Waals surface area contributed by atoms with Crippen LogP contribution < -0.4 is 14.7 Å². The molecule has 0 saturated carbocycles. The van der Waals surface area contributed by atoms with Crippen molar-refractivity contribution in [3.8, 4) is 11.6 Å². The fraction of sp³-hybridized carbons (Fsp3) is 0.424. The Bertz CT molecular complexity index is 1600. The molecule has 10 heteroatoms. The maximum absolute atomic E-state index is 14.1. The molecule has 0 bridgehead atoms. The SMILES string of the molecule is COc1cc(/C=C/C(=O)N(C)C)ccc1Cc1c(C)nc(N)nc1OS(=O)(=O)c1c(C(C)C)cc(C(C)C)cc1C(C)C. The lowest BCUT2D eigenvalue weighted by Gasteiger charge is -2.23. The van der Waals surface area contributed by atoms with Crippen LogP contribution in [-0.4, -0.2) is 50.4 Å². The highest BCUT2D eigenvalue weighted by Gasteiger charge is 2.30.